The monoisotopic (exact) mass is 456 g/mol. The van der Waals surface area contributed by atoms with Crippen LogP contribution < -0.4 is 5.32 Å². The van der Waals surface area contributed by atoms with E-state index in [0.29, 0.717) is 26.8 Å². The molecule has 23 heavy (non-hydrogen) atoms. The summed E-state index contributed by atoms with van der Waals surface area (Å²) >= 11 is 14.6. The minimum Gasteiger partial charge on any atom is -0.319 e. The van der Waals surface area contributed by atoms with E-state index in [1.165, 1.54) is 0 Å². The van der Waals surface area contributed by atoms with Gasteiger partial charge in [0.1, 0.15) is 0 Å². The Balaban J connectivity index is 2.10. The highest BCUT2D eigenvalue weighted by molar-refractivity contribution is 14.1. The molecule has 2 aromatic carbocycles. The Morgan fingerprint density at radius 1 is 1.17 bits per heavy atom. The van der Waals surface area contributed by atoms with Crippen LogP contribution >= 0.6 is 45.8 Å². The highest BCUT2D eigenvalue weighted by Gasteiger charge is 2.17. The molecule has 116 valence electrons. The molecule has 0 unspecified atom stereocenters. The summed E-state index contributed by atoms with van der Waals surface area (Å²) in [6.45, 7) is 1.90. The maximum atomic E-state index is 12.7. The molecule has 0 bridgehead atoms. The van der Waals surface area contributed by atoms with Crippen LogP contribution in [0, 0.1) is 10.5 Å². The van der Waals surface area contributed by atoms with E-state index >= 15 is 0 Å². The Hall–Kier alpha value is -1.37. The number of aryl methyl sites for hydroxylation is 1. The summed E-state index contributed by atoms with van der Waals surface area (Å²) < 4.78 is 0.877. The van der Waals surface area contributed by atoms with Crippen LogP contribution in [0.5, 0.6) is 0 Å². The fourth-order valence-corrected chi connectivity index (χ4v) is 3.83. The molecule has 3 rings (SSSR count). The van der Waals surface area contributed by atoms with Crippen molar-refractivity contribution in [2.75, 3.05) is 5.32 Å². The topological polar surface area (TPSA) is 42.0 Å². The lowest BCUT2D eigenvalue weighted by Gasteiger charge is -2.13. The van der Waals surface area contributed by atoms with E-state index in [2.05, 4.69) is 32.9 Å². The van der Waals surface area contributed by atoms with Crippen LogP contribution in [0.2, 0.25) is 10.0 Å². The smallest absolute Gasteiger partial charge is 0.257 e. The summed E-state index contributed by atoms with van der Waals surface area (Å²) in [5.41, 5.74) is 2.57. The zero-order valence-corrected chi connectivity index (χ0v) is 15.7. The molecule has 0 atom stereocenters. The van der Waals surface area contributed by atoms with Crippen LogP contribution in [0.4, 0.5) is 5.69 Å². The molecule has 3 aromatic rings. The first-order chi connectivity index (χ1) is 11.0. The van der Waals surface area contributed by atoms with Gasteiger partial charge in [-0.25, -0.2) is 0 Å². The quantitative estimate of drug-likeness (QED) is 0.502. The lowest BCUT2D eigenvalue weighted by Crippen LogP contribution is -2.16. The molecule has 6 heteroatoms. The third-order valence-electron chi connectivity index (χ3n) is 3.48. The molecular weight excluding hydrogens is 446 g/mol. The highest BCUT2D eigenvalue weighted by atomic mass is 127. The summed E-state index contributed by atoms with van der Waals surface area (Å²) in [4.78, 5) is 17.0. The number of rotatable bonds is 2. The van der Waals surface area contributed by atoms with Crippen LogP contribution in [-0.4, -0.2) is 10.9 Å². The van der Waals surface area contributed by atoms with Crippen molar-refractivity contribution >= 4 is 68.3 Å². The number of pyridine rings is 1. The van der Waals surface area contributed by atoms with Gasteiger partial charge in [-0.15, -0.1) is 0 Å². The van der Waals surface area contributed by atoms with Crippen LogP contribution in [0.15, 0.2) is 42.6 Å². The van der Waals surface area contributed by atoms with Gasteiger partial charge in [-0.05, 0) is 59.3 Å². The first-order valence-electron chi connectivity index (χ1n) is 6.78. The second-order valence-corrected chi connectivity index (χ2v) is 6.98. The van der Waals surface area contributed by atoms with E-state index in [4.69, 9.17) is 23.2 Å². The maximum Gasteiger partial charge on any atom is 0.257 e. The number of amides is 1. The number of fused-ring (bicyclic) bond motifs is 1. The van der Waals surface area contributed by atoms with Crippen molar-refractivity contribution in [3.63, 3.8) is 0 Å². The van der Waals surface area contributed by atoms with Crippen molar-refractivity contribution in [1.29, 1.82) is 0 Å². The Labute approximate surface area is 157 Å². The number of anilines is 1. The van der Waals surface area contributed by atoms with Crippen molar-refractivity contribution in [2.24, 2.45) is 0 Å². The van der Waals surface area contributed by atoms with Gasteiger partial charge in [0, 0.05) is 15.2 Å². The lowest BCUT2D eigenvalue weighted by molar-refractivity contribution is 0.102. The van der Waals surface area contributed by atoms with Gasteiger partial charge in [-0.3, -0.25) is 9.78 Å². The highest BCUT2D eigenvalue weighted by Crippen LogP contribution is 2.35. The second kappa shape index (κ2) is 6.63. The van der Waals surface area contributed by atoms with Crippen molar-refractivity contribution in [3.8, 4) is 0 Å². The molecule has 0 aliphatic heterocycles. The SMILES string of the molecule is Cc1cccc(I)c1C(=O)Nc1c(Cl)cc(Cl)c2cccnc12. The minimum absolute atomic E-state index is 0.219. The third kappa shape index (κ3) is 3.16. The predicted octanol–water partition coefficient (Wildman–Crippen LogP) is 5.71. The first-order valence-corrected chi connectivity index (χ1v) is 8.61. The first kappa shape index (κ1) is 16.5. The lowest BCUT2D eigenvalue weighted by atomic mass is 10.1. The molecule has 1 aromatic heterocycles. The second-order valence-electron chi connectivity index (χ2n) is 5.00. The summed E-state index contributed by atoms with van der Waals surface area (Å²) in [6, 6.07) is 11.0. The van der Waals surface area contributed by atoms with Crippen LogP contribution in [0.25, 0.3) is 10.9 Å². The third-order valence-corrected chi connectivity index (χ3v) is 4.99. The number of aromatic nitrogens is 1. The van der Waals surface area contributed by atoms with Gasteiger partial charge < -0.3 is 5.32 Å². The van der Waals surface area contributed by atoms with E-state index < -0.39 is 0 Å². The average molecular weight is 457 g/mol. The van der Waals surface area contributed by atoms with Crippen LogP contribution in [0.1, 0.15) is 15.9 Å². The summed E-state index contributed by atoms with van der Waals surface area (Å²) in [7, 11) is 0. The van der Waals surface area contributed by atoms with Crippen LogP contribution in [-0.2, 0) is 0 Å². The molecular formula is C17H11Cl2IN2O. The number of hydrogen-bond donors (Lipinski definition) is 1. The van der Waals surface area contributed by atoms with E-state index in [9.17, 15) is 4.79 Å². The average Bonchev–Trinajstić information content (AvgIpc) is 2.51. The zero-order chi connectivity index (χ0) is 16.6. The zero-order valence-electron chi connectivity index (χ0n) is 12.0. The maximum absolute atomic E-state index is 12.7. The molecule has 0 fully saturated rings. The fourth-order valence-electron chi connectivity index (χ4n) is 2.39. The van der Waals surface area contributed by atoms with Gasteiger partial charge in [-0.2, -0.15) is 0 Å². The molecule has 1 heterocycles. The van der Waals surface area contributed by atoms with E-state index in [1.807, 2.05) is 31.2 Å². The Morgan fingerprint density at radius 3 is 2.70 bits per heavy atom. The molecule has 0 saturated carbocycles. The molecule has 1 N–H and O–H groups in total. The van der Waals surface area contributed by atoms with Gasteiger partial charge in [0.15, 0.2) is 0 Å². The Morgan fingerprint density at radius 2 is 1.96 bits per heavy atom. The number of nitrogens with zero attached hydrogens (tertiary/aromatic N) is 1. The van der Waals surface area contributed by atoms with Gasteiger partial charge in [0.05, 0.1) is 26.8 Å². The molecule has 1 amide bonds. The summed E-state index contributed by atoms with van der Waals surface area (Å²) in [5.74, 6) is -0.219. The molecule has 0 saturated heterocycles. The van der Waals surface area contributed by atoms with Gasteiger partial charge in [0.25, 0.3) is 5.91 Å². The van der Waals surface area contributed by atoms with Gasteiger partial charge >= 0.3 is 0 Å². The standard InChI is InChI=1S/C17H11Cl2IN2O/c1-9-4-2-6-13(20)14(9)17(23)22-16-12(19)8-11(18)10-5-3-7-21-15(10)16/h2-8H,1H3,(H,22,23). The molecule has 0 aliphatic rings. The van der Waals surface area contributed by atoms with Gasteiger partial charge in [0.2, 0.25) is 0 Å². The summed E-state index contributed by atoms with van der Waals surface area (Å²) in [5, 5.41) is 4.49. The predicted molar refractivity (Wildman–Crippen MR) is 104 cm³/mol. The largest absolute Gasteiger partial charge is 0.319 e. The summed E-state index contributed by atoms with van der Waals surface area (Å²) in [6.07, 6.45) is 1.64. The van der Waals surface area contributed by atoms with E-state index in [1.54, 1.807) is 18.3 Å². The van der Waals surface area contributed by atoms with Crippen LogP contribution in [0.3, 0.4) is 0 Å². The molecule has 0 aliphatic carbocycles. The number of nitrogens with one attached hydrogen (secondary N) is 1. The van der Waals surface area contributed by atoms with Gasteiger partial charge in [-0.1, -0.05) is 35.3 Å². The molecule has 0 spiro atoms. The van der Waals surface area contributed by atoms with Crippen molar-refractivity contribution in [2.45, 2.75) is 6.92 Å². The Kier molecular flexibility index (Phi) is 4.75. The number of carbonyl (C=O) groups excluding carboxylic acids is 1. The van der Waals surface area contributed by atoms with Crippen molar-refractivity contribution < 1.29 is 4.79 Å². The number of benzene rings is 2. The fraction of sp³-hybridized carbons (Fsp3) is 0.0588. The minimum atomic E-state index is -0.219. The Bertz CT molecular complexity index is 908. The molecule has 3 nitrogen and oxygen atoms in total. The molecule has 0 radical (unpaired) electrons. The normalized spacial score (nSPS) is 10.8. The number of halogens is 3. The van der Waals surface area contributed by atoms with Crippen molar-refractivity contribution in [1.82, 2.24) is 4.98 Å². The number of hydrogen-bond acceptors (Lipinski definition) is 2. The van der Waals surface area contributed by atoms with E-state index in [-0.39, 0.29) is 5.91 Å². The number of carbonyl (C=O) groups is 1. The van der Waals surface area contributed by atoms with Crippen molar-refractivity contribution in [3.05, 3.63) is 67.3 Å². The van der Waals surface area contributed by atoms with E-state index in [0.717, 1.165) is 14.5 Å².